The van der Waals surface area contributed by atoms with Gasteiger partial charge in [-0.25, -0.2) is 0 Å². The van der Waals surface area contributed by atoms with Gasteiger partial charge in [-0.05, 0) is 37.0 Å². The monoisotopic (exact) mass is 386 g/mol. The molecule has 1 heterocycles. The molecule has 1 aromatic carbocycles. The largest absolute Gasteiger partial charge is 0.493 e. The van der Waals surface area contributed by atoms with Crippen molar-refractivity contribution in [2.75, 3.05) is 33.1 Å². The number of nitrogens with zero attached hydrogens (tertiary/aromatic N) is 1. The Kier molecular flexibility index (Phi) is 5.99. The normalized spacial score (nSPS) is 13.6. The number of anilines is 1. The summed E-state index contributed by atoms with van der Waals surface area (Å²) in [6.45, 7) is 0.924. The molecule has 27 heavy (non-hydrogen) atoms. The van der Waals surface area contributed by atoms with Crippen molar-refractivity contribution in [2.24, 2.45) is 0 Å². The number of hydrogen-bond acceptors (Lipinski definition) is 5. The van der Waals surface area contributed by atoms with Crippen LogP contribution in [0.4, 0.5) is 5.00 Å². The molecule has 1 aromatic heterocycles. The van der Waals surface area contributed by atoms with Gasteiger partial charge in [0.05, 0.1) is 32.4 Å². The second-order valence-electron chi connectivity index (χ2n) is 6.68. The number of thiophene rings is 1. The lowest BCUT2D eigenvalue weighted by Gasteiger charge is -2.17. The molecular weight excluding hydrogens is 362 g/mol. The summed E-state index contributed by atoms with van der Waals surface area (Å²) in [5.74, 6) is 1.28. The molecule has 0 fully saturated rings. The molecule has 1 aliphatic carbocycles. The Bertz CT molecular complexity index is 885. The first-order chi connectivity index (χ1) is 13.1. The Balaban J connectivity index is 1.65. The third-order valence-electron chi connectivity index (χ3n) is 4.73. The zero-order valence-electron chi connectivity index (χ0n) is 15.8. The summed E-state index contributed by atoms with van der Waals surface area (Å²) in [6.07, 6.45) is 3.04. The summed E-state index contributed by atoms with van der Waals surface area (Å²) in [7, 11) is 5.18. The molecule has 0 saturated carbocycles. The molecule has 1 aliphatic rings. The van der Waals surface area contributed by atoms with Gasteiger partial charge in [0.2, 0.25) is 0 Å². The topological polar surface area (TPSA) is 75.8 Å². The van der Waals surface area contributed by atoms with Crippen LogP contribution in [0.1, 0.15) is 28.0 Å². The molecule has 0 bridgehead atoms. The Morgan fingerprint density at radius 2 is 2.15 bits per heavy atom. The number of rotatable bonds is 7. The predicted octanol–water partition coefficient (Wildman–Crippen LogP) is 1.78. The van der Waals surface area contributed by atoms with Gasteiger partial charge in [0, 0.05) is 4.88 Å². The molecule has 0 aliphatic heterocycles. The van der Waals surface area contributed by atoms with Crippen molar-refractivity contribution in [1.29, 1.82) is 5.26 Å². The number of amides is 1. The molecule has 142 valence electrons. The van der Waals surface area contributed by atoms with Crippen molar-refractivity contribution in [3.8, 4) is 17.6 Å². The number of likely N-dealkylation sites (N-methyl/N-ethyl adjacent to an activating group) is 1. The maximum Gasteiger partial charge on any atom is 0.280 e. The molecule has 2 N–H and O–H groups in total. The molecule has 0 radical (unpaired) electrons. The van der Waals surface area contributed by atoms with Gasteiger partial charge < -0.3 is 19.7 Å². The van der Waals surface area contributed by atoms with Crippen LogP contribution in [0.25, 0.3) is 0 Å². The van der Waals surface area contributed by atoms with Gasteiger partial charge in [-0.2, -0.15) is 5.26 Å². The van der Waals surface area contributed by atoms with Crippen LogP contribution in [-0.2, 0) is 24.2 Å². The number of benzene rings is 1. The number of nitrogens with one attached hydrogen (secondary N) is 2. The lowest BCUT2D eigenvalue weighted by molar-refractivity contribution is -0.885. The third-order valence-corrected chi connectivity index (χ3v) is 5.93. The van der Waals surface area contributed by atoms with Crippen LogP contribution in [0.2, 0.25) is 0 Å². The highest BCUT2D eigenvalue weighted by Crippen LogP contribution is 2.38. The molecule has 6 nitrogen and oxygen atoms in total. The summed E-state index contributed by atoms with van der Waals surface area (Å²) in [6, 6.07) is 8.00. The fraction of sp³-hybridized carbons (Fsp3) is 0.400. The molecule has 1 amide bonds. The van der Waals surface area contributed by atoms with Gasteiger partial charge in [0.25, 0.3) is 5.91 Å². The van der Waals surface area contributed by atoms with Crippen molar-refractivity contribution < 1.29 is 19.2 Å². The number of carbonyl (C=O) groups is 1. The maximum atomic E-state index is 12.5. The van der Waals surface area contributed by atoms with E-state index in [1.54, 1.807) is 25.6 Å². The van der Waals surface area contributed by atoms with E-state index >= 15 is 0 Å². The number of methoxy groups -OCH3 is 2. The average molecular weight is 386 g/mol. The highest BCUT2D eigenvalue weighted by molar-refractivity contribution is 7.16. The number of para-hydroxylation sites is 1. The molecule has 0 saturated heterocycles. The fourth-order valence-corrected chi connectivity index (χ4v) is 4.79. The first kappa shape index (κ1) is 19.2. The van der Waals surface area contributed by atoms with Crippen LogP contribution in [0.3, 0.4) is 0 Å². The minimum absolute atomic E-state index is 0.0919. The Labute approximate surface area is 163 Å². The molecule has 3 rings (SSSR count). The van der Waals surface area contributed by atoms with Crippen LogP contribution in [0.15, 0.2) is 18.2 Å². The van der Waals surface area contributed by atoms with Gasteiger partial charge in [-0.15, -0.1) is 11.3 Å². The van der Waals surface area contributed by atoms with Gasteiger partial charge >= 0.3 is 0 Å². The van der Waals surface area contributed by atoms with E-state index in [-0.39, 0.29) is 5.91 Å². The highest BCUT2D eigenvalue weighted by Gasteiger charge is 2.24. The van der Waals surface area contributed by atoms with Crippen LogP contribution in [-0.4, -0.2) is 33.7 Å². The van der Waals surface area contributed by atoms with Gasteiger partial charge in [-0.1, -0.05) is 6.07 Å². The van der Waals surface area contributed by atoms with Crippen molar-refractivity contribution in [2.45, 2.75) is 25.8 Å². The number of aryl methyl sites for hydroxylation is 1. The summed E-state index contributed by atoms with van der Waals surface area (Å²) in [4.78, 5) is 14.8. The molecule has 2 aromatic rings. The number of fused-ring (bicyclic) bond motifs is 1. The first-order valence-electron chi connectivity index (χ1n) is 8.93. The molecule has 1 unspecified atom stereocenters. The van der Waals surface area contributed by atoms with Gasteiger partial charge in [0.1, 0.15) is 17.6 Å². The van der Waals surface area contributed by atoms with E-state index < -0.39 is 0 Å². The molecule has 0 spiro atoms. The number of quaternary nitrogens is 1. The minimum atomic E-state index is -0.0919. The molecular formula is C20H24N3O3S+. The van der Waals surface area contributed by atoms with E-state index in [1.807, 2.05) is 25.2 Å². The van der Waals surface area contributed by atoms with E-state index in [2.05, 4.69) is 11.4 Å². The predicted molar refractivity (Wildman–Crippen MR) is 105 cm³/mol. The summed E-state index contributed by atoms with van der Waals surface area (Å²) < 4.78 is 10.8. The van der Waals surface area contributed by atoms with E-state index in [0.29, 0.717) is 35.2 Å². The van der Waals surface area contributed by atoms with Crippen LogP contribution in [0, 0.1) is 11.3 Å². The standard InChI is InChI=1S/C20H23N3O3S/c1-23(11-13-6-4-8-16(25-2)19(13)26-3)12-18(24)22-20-15(10-21)14-7-5-9-17(14)27-20/h4,6,8H,5,7,9,11-12H2,1-3H3,(H,22,24)/p+1. The number of ether oxygens (including phenoxy) is 2. The van der Waals surface area contributed by atoms with E-state index in [9.17, 15) is 10.1 Å². The summed E-state index contributed by atoms with van der Waals surface area (Å²) in [5.41, 5.74) is 2.75. The number of carbonyl (C=O) groups excluding carboxylic acids is 1. The third kappa shape index (κ3) is 4.07. The molecule has 7 heteroatoms. The van der Waals surface area contributed by atoms with Gasteiger partial charge in [-0.3, -0.25) is 4.79 Å². The van der Waals surface area contributed by atoms with Crippen LogP contribution < -0.4 is 19.7 Å². The Morgan fingerprint density at radius 1 is 1.33 bits per heavy atom. The minimum Gasteiger partial charge on any atom is -0.493 e. The zero-order chi connectivity index (χ0) is 19.4. The van der Waals surface area contributed by atoms with E-state index in [1.165, 1.54) is 4.88 Å². The van der Waals surface area contributed by atoms with Crippen molar-refractivity contribution in [3.63, 3.8) is 0 Å². The second-order valence-corrected chi connectivity index (χ2v) is 7.79. The first-order valence-corrected chi connectivity index (χ1v) is 9.74. The van der Waals surface area contributed by atoms with Crippen molar-refractivity contribution in [1.82, 2.24) is 0 Å². The number of nitriles is 1. The molecule has 1 atom stereocenters. The quantitative estimate of drug-likeness (QED) is 0.761. The van der Waals surface area contributed by atoms with Gasteiger partial charge in [0.15, 0.2) is 18.0 Å². The second kappa shape index (κ2) is 8.42. The lowest BCUT2D eigenvalue weighted by atomic mass is 10.1. The fourth-order valence-electron chi connectivity index (χ4n) is 3.54. The lowest BCUT2D eigenvalue weighted by Crippen LogP contribution is -3.08. The van der Waals surface area contributed by atoms with Crippen LogP contribution in [0.5, 0.6) is 11.5 Å². The Morgan fingerprint density at radius 3 is 2.85 bits per heavy atom. The Hall–Kier alpha value is -2.56. The van der Waals surface area contributed by atoms with E-state index in [0.717, 1.165) is 35.3 Å². The van der Waals surface area contributed by atoms with Crippen LogP contribution >= 0.6 is 11.3 Å². The van der Waals surface area contributed by atoms with E-state index in [4.69, 9.17) is 9.47 Å². The SMILES string of the molecule is COc1cccc(C[NH+](C)CC(=O)Nc2sc3c(c2C#N)CCC3)c1OC. The zero-order valence-corrected chi connectivity index (χ0v) is 16.7. The maximum absolute atomic E-state index is 12.5. The average Bonchev–Trinajstić information content (AvgIpc) is 3.21. The summed E-state index contributed by atoms with van der Waals surface area (Å²) >= 11 is 1.54. The summed E-state index contributed by atoms with van der Waals surface area (Å²) in [5, 5.41) is 13.1. The highest BCUT2D eigenvalue weighted by atomic mass is 32.1. The number of hydrogen-bond donors (Lipinski definition) is 2. The van der Waals surface area contributed by atoms with Crippen molar-refractivity contribution >= 4 is 22.2 Å². The smallest absolute Gasteiger partial charge is 0.280 e. The van der Waals surface area contributed by atoms with Crippen molar-refractivity contribution in [3.05, 3.63) is 39.8 Å².